The minimum absolute atomic E-state index is 0. The van der Waals surface area contributed by atoms with Gasteiger partial charge in [0.25, 0.3) is 0 Å². The largest absolute Gasteiger partial charge is 0.357 e. The highest BCUT2D eigenvalue weighted by atomic mass is 127. The normalized spacial score (nSPS) is 24.4. The molecule has 0 aliphatic carbocycles. The van der Waals surface area contributed by atoms with Crippen LogP contribution in [0.3, 0.4) is 0 Å². The van der Waals surface area contributed by atoms with Gasteiger partial charge in [0.1, 0.15) is 0 Å². The Balaban J connectivity index is 0.00000300. The number of halogens is 1. The van der Waals surface area contributed by atoms with Crippen molar-refractivity contribution < 1.29 is 0 Å². The topological polar surface area (TPSA) is 48.7 Å². The van der Waals surface area contributed by atoms with E-state index >= 15 is 0 Å². The number of hydrogen-bond donors (Lipinski definition) is 1. The molecule has 166 valence electrons. The third kappa shape index (κ3) is 7.42. The lowest BCUT2D eigenvalue weighted by Gasteiger charge is -2.39. The number of aliphatic imine (C=N–C) groups is 1. The van der Waals surface area contributed by atoms with Crippen LogP contribution in [0.5, 0.6) is 0 Å². The Morgan fingerprint density at radius 1 is 1.14 bits per heavy atom. The van der Waals surface area contributed by atoms with Crippen molar-refractivity contribution in [1.82, 2.24) is 24.7 Å². The molecule has 2 aliphatic rings. The number of guanidine groups is 1. The fourth-order valence-corrected chi connectivity index (χ4v) is 4.44. The first-order chi connectivity index (χ1) is 13.7. The van der Waals surface area contributed by atoms with Crippen LogP contribution in [0.2, 0.25) is 0 Å². The first-order valence-electron chi connectivity index (χ1n) is 11.4. The van der Waals surface area contributed by atoms with E-state index in [1.807, 2.05) is 12.5 Å². The molecular weight excluding hydrogens is 475 g/mol. The molecule has 0 spiro atoms. The molecule has 3 rings (SSSR count). The Kier molecular flexibility index (Phi) is 10.8. The van der Waals surface area contributed by atoms with Crippen LogP contribution < -0.4 is 5.32 Å². The molecule has 2 unspecified atom stereocenters. The lowest BCUT2D eigenvalue weighted by molar-refractivity contribution is 0.187. The highest BCUT2D eigenvalue weighted by molar-refractivity contribution is 14.0. The van der Waals surface area contributed by atoms with Crippen molar-refractivity contribution in [2.45, 2.75) is 58.9 Å². The molecule has 2 fully saturated rings. The van der Waals surface area contributed by atoms with Gasteiger partial charge in [-0.1, -0.05) is 13.8 Å². The number of hydrogen-bond acceptors (Lipinski definition) is 3. The molecular formula is C22H41IN6. The van der Waals surface area contributed by atoms with Crippen LogP contribution in [-0.4, -0.2) is 71.1 Å². The van der Waals surface area contributed by atoms with Gasteiger partial charge >= 0.3 is 0 Å². The number of aromatic nitrogens is 2. The van der Waals surface area contributed by atoms with Gasteiger partial charge in [-0.05, 0) is 70.5 Å². The number of nitrogens with zero attached hydrogens (tertiary/aromatic N) is 5. The van der Waals surface area contributed by atoms with Gasteiger partial charge in [0.15, 0.2) is 5.96 Å². The van der Waals surface area contributed by atoms with E-state index in [0.717, 1.165) is 38.1 Å². The monoisotopic (exact) mass is 516 g/mol. The van der Waals surface area contributed by atoms with E-state index in [1.54, 1.807) is 0 Å². The molecule has 2 atom stereocenters. The van der Waals surface area contributed by atoms with Crippen LogP contribution in [-0.2, 0) is 0 Å². The second-order valence-electron chi connectivity index (χ2n) is 8.76. The first kappa shape index (κ1) is 24.4. The highest BCUT2D eigenvalue weighted by Crippen LogP contribution is 2.27. The van der Waals surface area contributed by atoms with Crippen LogP contribution in [0, 0.1) is 11.8 Å². The molecule has 0 amide bonds. The van der Waals surface area contributed by atoms with Gasteiger partial charge in [0, 0.05) is 38.6 Å². The summed E-state index contributed by atoms with van der Waals surface area (Å²) in [5.41, 5.74) is 0. The number of nitrogens with one attached hydrogen (secondary N) is 1. The summed E-state index contributed by atoms with van der Waals surface area (Å²) in [6.45, 7) is 14.7. The van der Waals surface area contributed by atoms with Crippen LogP contribution in [0.25, 0.3) is 0 Å². The molecule has 0 bridgehead atoms. The number of likely N-dealkylation sites (tertiary alicyclic amines) is 2. The molecule has 1 aromatic heterocycles. The van der Waals surface area contributed by atoms with E-state index in [0.29, 0.717) is 12.0 Å². The number of rotatable bonds is 7. The van der Waals surface area contributed by atoms with E-state index in [2.05, 4.69) is 51.6 Å². The highest BCUT2D eigenvalue weighted by Gasteiger charge is 2.28. The molecule has 1 N–H and O–H groups in total. The molecule has 7 heteroatoms. The lowest BCUT2D eigenvalue weighted by Crippen LogP contribution is -2.49. The Morgan fingerprint density at radius 2 is 1.93 bits per heavy atom. The maximum absolute atomic E-state index is 4.96. The molecule has 0 aromatic carbocycles. The van der Waals surface area contributed by atoms with Crippen LogP contribution in [0.1, 0.15) is 58.9 Å². The molecule has 1 aromatic rings. The predicted octanol–water partition coefficient (Wildman–Crippen LogP) is 3.86. The van der Waals surface area contributed by atoms with Crippen LogP contribution in [0.15, 0.2) is 23.7 Å². The second-order valence-corrected chi connectivity index (χ2v) is 8.76. The maximum atomic E-state index is 4.96. The molecule has 3 heterocycles. The Morgan fingerprint density at radius 3 is 2.62 bits per heavy atom. The predicted molar refractivity (Wildman–Crippen MR) is 132 cm³/mol. The zero-order chi connectivity index (χ0) is 19.8. The minimum Gasteiger partial charge on any atom is -0.357 e. The van der Waals surface area contributed by atoms with Crippen LogP contribution >= 0.6 is 24.0 Å². The van der Waals surface area contributed by atoms with E-state index in [4.69, 9.17) is 4.99 Å². The van der Waals surface area contributed by atoms with Crippen molar-refractivity contribution in [3.63, 3.8) is 0 Å². The Bertz CT molecular complexity index is 582. The van der Waals surface area contributed by atoms with Crippen LogP contribution in [0.4, 0.5) is 0 Å². The average Bonchev–Trinajstić information content (AvgIpc) is 3.23. The minimum atomic E-state index is 0. The van der Waals surface area contributed by atoms with E-state index in [9.17, 15) is 0 Å². The third-order valence-electron chi connectivity index (χ3n) is 6.48. The number of unbranched alkanes of at least 4 members (excludes halogenated alkanes) is 1. The van der Waals surface area contributed by atoms with Gasteiger partial charge in [0.05, 0.1) is 12.4 Å². The molecule has 29 heavy (non-hydrogen) atoms. The molecule has 2 aliphatic heterocycles. The van der Waals surface area contributed by atoms with Crippen molar-refractivity contribution in [3.05, 3.63) is 18.7 Å². The van der Waals surface area contributed by atoms with Gasteiger partial charge < -0.3 is 19.7 Å². The van der Waals surface area contributed by atoms with Crippen molar-refractivity contribution in [2.24, 2.45) is 16.8 Å². The Labute approximate surface area is 194 Å². The zero-order valence-corrected chi connectivity index (χ0v) is 20.9. The quantitative estimate of drug-likeness (QED) is 0.259. The fraction of sp³-hybridized carbons (Fsp3) is 0.818. The lowest BCUT2D eigenvalue weighted by atomic mass is 9.93. The van der Waals surface area contributed by atoms with Gasteiger partial charge in [0.2, 0.25) is 0 Å². The fourth-order valence-electron chi connectivity index (χ4n) is 4.44. The van der Waals surface area contributed by atoms with E-state index in [1.165, 1.54) is 51.7 Å². The van der Waals surface area contributed by atoms with Crippen molar-refractivity contribution in [1.29, 1.82) is 0 Å². The molecule has 0 radical (unpaired) electrons. The Hall–Kier alpha value is -0.830. The maximum Gasteiger partial charge on any atom is 0.193 e. The number of imidazole rings is 1. The standard InChI is InChI=1S/C22H40N6.HI/c1-4-24-22(25-10-5-6-12-26-13-7-19(2)8-14-26)27-15-9-20(3)21(17-27)28-16-11-23-18-28;/h11,16,18-21H,4-10,12-15,17H2,1-3H3,(H,24,25);1H. The van der Waals surface area contributed by atoms with Crippen molar-refractivity contribution in [3.8, 4) is 0 Å². The summed E-state index contributed by atoms with van der Waals surface area (Å²) in [6.07, 6.45) is 12.3. The molecule has 6 nitrogen and oxygen atoms in total. The zero-order valence-electron chi connectivity index (χ0n) is 18.6. The van der Waals surface area contributed by atoms with E-state index < -0.39 is 0 Å². The van der Waals surface area contributed by atoms with Gasteiger partial charge in [-0.25, -0.2) is 4.98 Å². The number of piperidine rings is 2. The van der Waals surface area contributed by atoms with E-state index in [-0.39, 0.29) is 24.0 Å². The van der Waals surface area contributed by atoms with Crippen molar-refractivity contribution >= 4 is 29.9 Å². The molecule has 0 saturated carbocycles. The summed E-state index contributed by atoms with van der Waals surface area (Å²) in [4.78, 5) is 14.3. The van der Waals surface area contributed by atoms with Gasteiger partial charge in [-0.15, -0.1) is 24.0 Å². The summed E-state index contributed by atoms with van der Waals surface area (Å²) >= 11 is 0. The summed E-state index contributed by atoms with van der Waals surface area (Å²) in [6, 6.07) is 0.474. The summed E-state index contributed by atoms with van der Waals surface area (Å²) in [7, 11) is 0. The summed E-state index contributed by atoms with van der Waals surface area (Å²) in [5.74, 6) is 2.67. The summed E-state index contributed by atoms with van der Waals surface area (Å²) in [5, 5.41) is 3.52. The SMILES string of the molecule is CCNC(=NCCCCN1CCC(C)CC1)N1CCC(C)C(n2ccnc2)C1.I. The first-order valence-corrected chi connectivity index (χ1v) is 11.4. The second kappa shape index (κ2) is 12.8. The van der Waals surface area contributed by atoms with Gasteiger partial charge in [-0.3, -0.25) is 4.99 Å². The average molecular weight is 517 g/mol. The third-order valence-corrected chi connectivity index (χ3v) is 6.48. The summed E-state index contributed by atoms with van der Waals surface area (Å²) < 4.78 is 2.26. The smallest absolute Gasteiger partial charge is 0.193 e. The molecule has 2 saturated heterocycles. The van der Waals surface area contributed by atoms with Gasteiger partial charge in [-0.2, -0.15) is 0 Å². The van der Waals surface area contributed by atoms with Crippen molar-refractivity contribution in [2.75, 3.05) is 45.8 Å².